The number of para-hydroxylation sites is 1. The van der Waals surface area contributed by atoms with Crippen LogP contribution in [0, 0.1) is 11.3 Å². The predicted octanol–water partition coefficient (Wildman–Crippen LogP) is 2.49. The van der Waals surface area contributed by atoms with Gasteiger partial charge in [-0.05, 0) is 25.0 Å². The van der Waals surface area contributed by atoms with E-state index in [0.717, 1.165) is 0 Å². The third-order valence-electron chi connectivity index (χ3n) is 2.82. The molecule has 3 nitrogen and oxygen atoms in total. The largest absolute Gasteiger partial charge is 0.489 e. The maximum absolute atomic E-state index is 10.0. The zero-order valence-corrected chi connectivity index (χ0v) is 9.73. The fourth-order valence-corrected chi connectivity index (χ4v) is 1.35. The van der Waals surface area contributed by atoms with Crippen LogP contribution in [0.2, 0.25) is 0 Å². The first-order chi connectivity index (χ1) is 7.65. The smallest absolute Gasteiger partial charge is 0.137 e. The molecule has 0 unspecified atom stereocenters. The van der Waals surface area contributed by atoms with E-state index in [9.17, 15) is 5.11 Å². The van der Waals surface area contributed by atoms with Crippen LogP contribution >= 0.6 is 0 Å². The van der Waals surface area contributed by atoms with Gasteiger partial charge in [0.2, 0.25) is 0 Å². The molecule has 0 aromatic heterocycles. The summed E-state index contributed by atoms with van der Waals surface area (Å²) in [5, 5.41) is 18.9. The lowest BCUT2D eigenvalue weighted by Crippen LogP contribution is -2.34. The Balaban J connectivity index is 2.72. The molecule has 0 bridgehead atoms. The van der Waals surface area contributed by atoms with Crippen LogP contribution in [0.3, 0.4) is 0 Å². The normalized spacial score (nSPS) is 10.9. The summed E-state index contributed by atoms with van der Waals surface area (Å²) >= 11 is 0. The summed E-state index contributed by atoms with van der Waals surface area (Å²) in [5.41, 5.74) is -0.306. The first-order valence-electron chi connectivity index (χ1n) is 5.49. The van der Waals surface area contributed by atoms with Crippen LogP contribution in [0.15, 0.2) is 24.3 Å². The SMILES string of the molecule is CCC(O)(CC)COc1ccccc1C#N. The van der Waals surface area contributed by atoms with Crippen LogP contribution in [0.25, 0.3) is 0 Å². The number of hydrogen-bond donors (Lipinski definition) is 1. The van der Waals surface area contributed by atoms with E-state index in [1.165, 1.54) is 0 Å². The summed E-state index contributed by atoms with van der Waals surface area (Å²) in [6.45, 7) is 4.06. The van der Waals surface area contributed by atoms with Crippen molar-refractivity contribution in [2.24, 2.45) is 0 Å². The van der Waals surface area contributed by atoms with E-state index in [1.807, 2.05) is 19.9 Å². The molecular weight excluding hydrogens is 202 g/mol. The number of benzene rings is 1. The van der Waals surface area contributed by atoms with Crippen molar-refractivity contribution in [1.29, 1.82) is 5.26 Å². The summed E-state index contributed by atoms with van der Waals surface area (Å²) in [6.07, 6.45) is 1.27. The van der Waals surface area contributed by atoms with Crippen molar-refractivity contribution in [2.75, 3.05) is 6.61 Å². The average molecular weight is 219 g/mol. The standard InChI is InChI=1S/C13H17NO2/c1-3-13(15,4-2)10-16-12-8-6-5-7-11(12)9-14/h5-8,15H,3-4,10H2,1-2H3. The third kappa shape index (κ3) is 2.98. The van der Waals surface area contributed by atoms with Crippen LogP contribution < -0.4 is 4.74 Å². The lowest BCUT2D eigenvalue weighted by molar-refractivity contribution is -0.0114. The predicted molar refractivity (Wildman–Crippen MR) is 62.2 cm³/mol. The second kappa shape index (κ2) is 5.53. The minimum Gasteiger partial charge on any atom is -0.489 e. The van der Waals surface area contributed by atoms with Gasteiger partial charge in [0.1, 0.15) is 18.4 Å². The highest BCUT2D eigenvalue weighted by Gasteiger charge is 2.23. The van der Waals surface area contributed by atoms with Crippen molar-refractivity contribution < 1.29 is 9.84 Å². The lowest BCUT2D eigenvalue weighted by Gasteiger charge is -2.25. The van der Waals surface area contributed by atoms with Crippen LogP contribution in [-0.4, -0.2) is 17.3 Å². The monoisotopic (exact) mass is 219 g/mol. The highest BCUT2D eigenvalue weighted by Crippen LogP contribution is 2.21. The lowest BCUT2D eigenvalue weighted by atomic mass is 9.99. The molecule has 1 aromatic rings. The molecule has 0 radical (unpaired) electrons. The van der Waals surface area contributed by atoms with E-state index < -0.39 is 5.60 Å². The van der Waals surface area contributed by atoms with E-state index in [0.29, 0.717) is 24.2 Å². The summed E-state index contributed by atoms with van der Waals surface area (Å²) in [5.74, 6) is 0.533. The molecule has 1 rings (SSSR count). The third-order valence-corrected chi connectivity index (χ3v) is 2.82. The molecule has 0 saturated heterocycles. The van der Waals surface area contributed by atoms with Gasteiger partial charge in [-0.25, -0.2) is 0 Å². The molecule has 1 aromatic carbocycles. The molecule has 0 atom stereocenters. The number of nitriles is 1. The number of hydrogen-bond acceptors (Lipinski definition) is 3. The minimum absolute atomic E-state index is 0.221. The van der Waals surface area contributed by atoms with Crippen molar-refractivity contribution in [3.63, 3.8) is 0 Å². The summed E-state index contributed by atoms with van der Waals surface area (Å²) in [4.78, 5) is 0. The van der Waals surface area contributed by atoms with Gasteiger partial charge >= 0.3 is 0 Å². The molecule has 0 aliphatic rings. The molecule has 0 amide bonds. The van der Waals surface area contributed by atoms with Gasteiger partial charge in [0.05, 0.1) is 11.2 Å². The van der Waals surface area contributed by atoms with Gasteiger partial charge in [0, 0.05) is 0 Å². The van der Waals surface area contributed by atoms with Gasteiger partial charge in [-0.1, -0.05) is 26.0 Å². The van der Waals surface area contributed by atoms with Gasteiger partial charge in [0.15, 0.2) is 0 Å². The van der Waals surface area contributed by atoms with Crippen molar-refractivity contribution in [2.45, 2.75) is 32.3 Å². The fraction of sp³-hybridized carbons (Fsp3) is 0.462. The van der Waals surface area contributed by atoms with Gasteiger partial charge in [-0.3, -0.25) is 0 Å². The minimum atomic E-state index is -0.803. The number of nitrogens with zero attached hydrogens (tertiary/aromatic N) is 1. The number of rotatable bonds is 5. The van der Waals surface area contributed by atoms with E-state index >= 15 is 0 Å². The molecule has 0 aliphatic heterocycles. The quantitative estimate of drug-likeness (QED) is 0.827. The first-order valence-corrected chi connectivity index (χ1v) is 5.49. The maximum Gasteiger partial charge on any atom is 0.137 e. The van der Waals surface area contributed by atoms with Gasteiger partial charge in [-0.2, -0.15) is 5.26 Å². The van der Waals surface area contributed by atoms with Crippen molar-refractivity contribution >= 4 is 0 Å². The Hall–Kier alpha value is -1.53. The Kier molecular flexibility index (Phi) is 4.33. The molecular formula is C13H17NO2. The molecule has 1 N–H and O–H groups in total. The van der Waals surface area contributed by atoms with Crippen molar-refractivity contribution in [3.05, 3.63) is 29.8 Å². The molecule has 86 valence electrons. The van der Waals surface area contributed by atoms with Crippen molar-refractivity contribution in [1.82, 2.24) is 0 Å². The second-order valence-corrected chi connectivity index (χ2v) is 3.83. The summed E-state index contributed by atoms with van der Waals surface area (Å²) < 4.78 is 5.50. The molecule has 0 spiro atoms. The van der Waals surface area contributed by atoms with E-state index in [4.69, 9.17) is 10.00 Å². The van der Waals surface area contributed by atoms with E-state index in [2.05, 4.69) is 6.07 Å². The summed E-state index contributed by atoms with van der Waals surface area (Å²) in [6, 6.07) is 9.10. The molecule has 0 fully saturated rings. The Labute approximate surface area is 96.3 Å². The number of aliphatic hydroxyl groups is 1. The maximum atomic E-state index is 10.0. The Morgan fingerprint density at radius 3 is 2.50 bits per heavy atom. The fourth-order valence-electron chi connectivity index (χ4n) is 1.35. The average Bonchev–Trinajstić information content (AvgIpc) is 2.36. The van der Waals surface area contributed by atoms with E-state index in [-0.39, 0.29) is 6.61 Å². The van der Waals surface area contributed by atoms with Crippen LogP contribution in [0.5, 0.6) is 5.75 Å². The van der Waals surface area contributed by atoms with Crippen LogP contribution in [0.4, 0.5) is 0 Å². The molecule has 0 heterocycles. The first kappa shape index (κ1) is 12.5. The van der Waals surface area contributed by atoms with Gasteiger partial charge in [0.25, 0.3) is 0 Å². The molecule has 3 heteroatoms. The number of ether oxygens (including phenoxy) is 1. The Morgan fingerprint density at radius 2 is 1.94 bits per heavy atom. The zero-order valence-electron chi connectivity index (χ0n) is 9.73. The highest BCUT2D eigenvalue weighted by molar-refractivity contribution is 5.42. The second-order valence-electron chi connectivity index (χ2n) is 3.83. The molecule has 0 aliphatic carbocycles. The Morgan fingerprint density at radius 1 is 1.31 bits per heavy atom. The highest BCUT2D eigenvalue weighted by atomic mass is 16.5. The van der Waals surface area contributed by atoms with Crippen LogP contribution in [0.1, 0.15) is 32.3 Å². The zero-order chi connectivity index (χ0) is 12.0. The van der Waals surface area contributed by atoms with E-state index in [1.54, 1.807) is 18.2 Å². The van der Waals surface area contributed by atoms with Gasteiger partial charge in [-0.15, -0.1) is 0 Å². The Bertz CT molecular complexity index is 378. The van der Waals surface area contributed by atoms with Gasteiger partial charge < -0.3 is 9.84 Å². The van der Waals surface area contributed by atoms with Crippen LogP contribution in [-0.2, 0) is 0 Å². The molecule has 0 saturated carbocycles. The summed E-state index contributed by atoms with van der Waals surface area (Å²) in [7, 11) is 0. The molecule has 16 heavy (non-hydrogen) atoms. The topological polar surface area (TPSA) is 53.2 Å². The van der Waals surface area contributed by atoms with Crippen molar-refractivity contribution in [3.8, 4) is 11.8 Å².